The van der Waals surface area contributed by atoms with Crippen LogP contribution in [-0.4, -0.2) is 19.3 Å². The number of hydrogen-bond acceptors (Lipinski definition) is 2. The molecule has 0 atom stereocenters. The Morgan fingerprint density at radius 1 is 1.06 bits per heavy atom. The first-order valence-electron chi connectivity index (χ1n) is 6.39. The average molecular weight is 263 g/mol. The zero-order valence-corrected chi connectivity index (χ0v) is 11.3. The molecule has 0 aromatic heterocycles. The smallest absolute Gasteiger partial charge is 0.264 e. The van der Waals surface area contributed by atoms with Gasteiger partial charge in [0.2, 0.25) is 0 Å². The number of sulfonamides is 1. The molecule has 96 valence electrons. The van der Waals surface area contributed by atoms with E-state index in [1.807, 2.05) is 19.1 Å². The van der Waals surface area contributed by atoms with Gasteiger partial charge in [-0.05, 0) is 50.3 Å². The Hall–Kier alpha value is -1.29. The highest BCUT2D eigenvalue weighted by molar-refractivity contribution is 7.89. The minimum atomic E-state index is -3.33. The Kier molecular flexibility index (Phi) is 2.70. The van der Waals surface area contributed by atoms with Crippen LogP contribution in [0.15, 0.2) is 40.4 Å². The molecule has 0 N–H and O–H groups in total. The van der Waals surface area contributed by atoms with Crippen LogP contribution in [-0.2, 0) is 10.0 Å². The molecule has 4 heteroatoms. The van der Waals surface area contributed by atoms with Crippen molar-refractivity contribution in [1.82, 2.24) is 4.31 Å². The molecule has 1 aromatic carbocycles. The lowest BCUT2D eigenvalue weighted by atomic mass is 9.88. The van der Waals surface area contributed by atoms with E-state index in [-0.39, 0.29) is 0 Å². The number of nitrogens with zero attached hydrogens (tertiary/aromatic N) is 1. The minimum absolute atomic E-state index is 0.411. The largest absolute Gasteiger partial charge is 0.270 e. The second-order valence-electron chi connectivity index (χ2n) is 5.04. The number of benzene rings is 1. The second-order valence-corrected chi connectivity index (χ2v) is 6.91. The summed E-state index contributed by atoms with van der Waals surface area (Å²) >= 11 is 0. The molecule has 0 amide bonds. The van der Waals surface area contributed by atoms with Gasteiger partial charge in [0.1, 0.15) is 0 Å². The molecule has 3 rings (SSSR count). The Morgan fingerprint density at radius 3 is 2.39 bits per heavy atom. The molecule has 0 bridgehead atoms. The van der Waals surface area contributed by atoms with Gasteiger partial charge in [-0.15, -0.1) is 0 Å². The Morgan fingerprint density at radius 2 is 1.78 bits per heavy atom. The fourth-order valence-electron chi connectivity index (χ4n) is 2.66. The SMILES string of the molecule is Cc1ccc(S(=O)(=O)N2CCCC3=C2CC3)cc1. The van der Waals surface area contributed by atoms with Crippen LogP contribution in [0.25, 0.3) is 0 Å². The lowest BCUT2D eigenvalue weighted by Crippen LogP contribution is -2.37. The van der Waals surface area contributed by atoms with Crippen LogP contribution in [0.1, 0.15) is 31.2 Å². The van der Waals surface area contributed by atoms with E-state index in [0.717, 1.165) is 36.9 Å². The number of rotatable bonds is 2. The Balaban J connectivity index is 2.00. The summed E-state index contributed by atoms with van der Waals surface area (Å²) in [5.41, 5.74) is 3.48. The van der Waals surface area contributed by atoms with Crippen molar-refractivity contribution in [2.24, 2.45) is 0 Å². The normalized spacial score (nSPS) is 19.5. The molecule has 1 heterocycles. The lowest BCUT2D eigenvalue weighted by molar-refractivity contribution is 0.393. The molecule has 18 heavy (non-hydrogen) atoms. The van der Waals surface area contributed by atoms with Crippen molar-refractivity contribution < 1.29 is 8.42 Å². The van der Waals surface area contributed by atoms with E-state index in [0.29, 0.717) is 11.4 Å². The van der Waals surface area contributed by atoms with Crippen LogP contribution in [0, 0.1) is 6.92 Å². The van der Waals surface area contributed by atoms with Crippen molar-refractivity contribution in [3.63, 3.8) is 0 Å². The third kappa shape index (κ3) is 1.75. The van der Waals surface area contributed by atoms with E-state index in [1.54, 1.807) is 16.4 Å². The summed E-state index contributed by atoms with van der Waals surface area (Å²) in [6, 6.07) is 7.12. The average Bonchev–Trinajstić information content (AvgIpc) is 2.31. The standard InChI is InChI=1S/C14H17NO2S/c1-11-4-7-13(8-5-11)18(16,17)15-10-2-3-12-6-9-14(12)15/h4-5,7-8H,2-3,6,9-10H2,1H3. The van der Waals surface area contributed by atoms with E-state index in [9.17, 15) is 8.42 Å². The first-order chi connectivity index (χ1) is 8.59. The van der Waals surface area contributed by atoms with E-state index in [1.165, 1.54) is 5.57 Å². The molecule has 0 saturated heterocycles. The van der Waals surface area contributed by atoms with Gasteiger partial charge in [0.25, 0.3) is 10.0 Å². The van der Waals surface area contributed by atoms with E-state index >= 15 is 0 Å². The number of hydrogen-bond donors (Lipinski definition) is 0. The zero-order chi connectivity index (χ0) is 12.8. The van der Waals surface area contributed by atoms with Crippen LogP contribution in [0.4, 0.5) is 0 Å². The molecule has 0 fully saturated rings. The molecule has 3 nitrogen and oxygen atoms in total. The summed E-state index contributed by atoms with van der Waals surface area (Å²) in [5.74, 6) is 0. The summed E-state index contributed by atoms with van der Waals surface area (Å²) in [4.78, 5) is 0.411. The van der Waals surface area contributed by atoms with Crippen molar-refractivity contribution in [2.75, 3.05) is 6.54 Å². The summed E-state index contributed by atoms with van der Waals surface area (Å²) in [5, 5.41) is 0. The molecule has 0 unspecified atom stereocenters. The van der Waals surface area contributed by atoms with Gasteiger partial charge in [-0.1, -0.05) is 17.7 Å². The van der Waals surface area contributed by atoms with Crippen LogP contribution in [0.5, 0.6) is 0 Å². The van der Waals surface area contributed by atoms with Crippen LogP contribution >= 0.6 is 0 Å². The fraction of sp³-hybridized carbons (Fsp3) is 0.429. The summed E-state index contributed by atoms with van der Waals surface area (Å²) in [7, 11) is -3.33. The molecule has 2 aliphatic rings. The first-order valence-corrected chi connectivity index (χ1v) is 7.83. The van der Waals surface area contributed by atoms with Gasteiger partial charge < -0.3 is 0 Å². The van der Waals surface area contributed by atoms with Crippen molar-refractivity contribution in [2.45, 2.75) is 37.5 Å². The molecular formula is C14H17NO2S. The highest BCUT2D eigenvalue weighted by Crippen LogP contribution is 2.40. The van der Waals surface area contributed by atoms with Gasteiger partial charge >= 0.3 is 0 Å². The number of allylic oxidation sites excluding steroid dienone is 2. The maximum Gasteiger partial charge on any atom is 0.264 e. The maximum atomic E-state index is 12.6. The van der Waals surface area contributed by atoms with Crippen molar-refractivity contribution >= 4 is 10.0 Å². The molecular weight excluding hydrogens is 246 g/mol. The Labute approximate surface area is 108 Å². The quantitative estimate of drug-likeness (QED) is 0.822. The van der Waals surface area contributed by atoms with Gasteiger partial charge in [-0.2, -0.15) is 0 Å². The van der Waals surface area contributed by atoms with E-state index < -0.39 is 10.0 Å². The highest BCUT2D eigenvalue weighted by Gasteiger charge is 2.34. The van der Waals surface area contributed by atoms with Crippen LogP contribution < -0.4 is 0 Å². The third-order valence-corrected chi connectivity index (χ3v) is 5.67. The van der Waals surface area contributed by atoms with E-state index in [4.69, 9.17) is 0 Å². The number of aryl methyl sites for hydroxylation is 1. The molecule has 1 aliphatic heterocycles. The third-order valence-electron chi connectivity index (χ3n) is 3.82. The first kappa shape index (κ1) is 11.8. The summed E-state index contributed by atoms with van der Waals surface area (Å²) in [6.45, 7) is 2.60. The molecule has 0 radical (unpaired) electrons. The van der Waals surface area contributed by atoms with Gasteiger partial charge in [-0.25, -0.2) is 8.42 Å². The van der Waals surface area contributed by atoms with Crippen LogP contribution in [0.2, 0.25) is 0 Å². The van der Waals surface area contributed by atoms with Crippen molar-refractivity contribution in [3.05, 3.63) is 41.1 Å². The zero-order valence-electron chi connectivity index (χ0n) is 10.5. The van der Waals surface area contributed by atoms with Crippen LogP contribution in [0.3, 0.4) is 0 Å². The lowest BCUT2D eigenvalue weighted by Gasteiger charge is -2.38. The van der Waals surface area contributed by atoms with E-state index in [2.05, 4.69) is 0 Å². The van der Waals surface area contributed by atoms with Gasteiger partial charge in [0.05, 0.1) is 4.90 Å². The monoisotopic (exact) mass is 263 g/mol. The van der Waals surface area contributed by atoms with Gasteiger partial charge in [0, 0.05) is 12.2 Å². The molecule has 1 aliphatic carbocycles. The predicted octanol–water partition coefficient (Wildman–Crippen LogP) is 2.83. The van der Waals surface area contributed by atoms with Gasteiger partial charge in [0.15, 0.2) is 0 Å². The summed E-state index contributed by atoms with van der Waals surface area (Å²) in [6.07, 6.45) is 4.02. The molecule has 0 saturated carbocycles. The fourth-order valence-corrected chi connectivity index (χ4v) is 4.27. The maximum absolute atomic E-state index is 12.6. The predicted molar refractivity (Wildman–Crippen MR) is 70.6 cm³/mol. The van der Waals surface area contributed by atoms with Gasteiger partial charge in [-0.3, -0.25) is 4.31 Å². The minimum Gasteiger partial charge on any atom is -0.270 e. The van der Waals surface area contributed by atoms with Crippen molar-refractivity contribution in [1.29, 1.82) is 0 Å². The molecule has 1 aromatic rings. The highest BCUT2D eigenvalue weighted by atomic mass is 32.2. The molecule has 0 spiro atoms. The topological polar surface area (TPSA) is 37.4 Å². The van der Waals surface area contributed by atoms with Crippen molar-refractivity contribution in [3.8, 4) is 0 Å². The Bertz CT molecular complexity index is 599. The second kappa shape index (κ2) is 4.12. The summed E-state index contributed by atoms with van der Waals surface area (Å²) < 4.78 is 26.8.